The van der Waals surface area contributed by atoms with E-state index >= 15 is 0 Å². The van der Waals surface area contributed by atoms with Gasteiger partial charge in [0, 0.05) is 23.8 Å². The fourth-order valence-electron chi connectivity index (χ4n) is 3.63. The lowest BCUT2D eigenvalue weighted by Gasteiger charge is -2.20. The Morgan fingerprint density at radius 1 is 1.06 bits per heavy atom. The predicted octanol–water partition coefficient (Wildman–Crippen LogP) is 5.15. The van der Waals surface area contributed by atoms with E-state index in [0.29, 0.717) is 27.2 Å². The minimum atomic E-state index is -3.55. The molecule has 2 aromatic carbocycles. The van der Waals surface area contributed by atoms with Gasteiger partial charge in [0.25, 0.3) is 0 Å². The number of anilines is 1. The van der Waals surface area contributed by atoms with Gasteiger partial charge in [-0.05, 0) is 54.4 Å². The van der Waals surface area contributed by atoms with Crippen LogP contribution < -0.4 is 14.4 Å². The third-order valence-electron chi connectivity index (χ3n) is 5.47. The molecule has 0 unspecified atom stereocenters. The topological polar surface area (TPSA) is 98.7 Å². The summed E-state index contributed by atoms with van der Waals surface area (Å²) in [5, 5.41) is 0.918. The average Bonchev–Trinajstić information content (AvgIpc) is 3.32. The van der Waals surface area contributed by atoms with E-state index in [0.717, 1.165) is 10.3 Å². The average molecular weight is 546 g/mol. The second-order valence-electron chi connectivity index (χ2n) is 7.86. The van der Waals surface area contributed by atoms with Crippen LogP contribution in [-0.4, -0.2) is 44.3 Å². The van der Waals surface area contributed by atoms with Crippen LogP contribution >= 0.6 is 22.9 Å². The van der Waals surface area contributed by atoms with Crippen molar-refractivity contribution in [2.24, 2.45) is 0 Å². The lowest BCUT2D eigenvalue weighted by atomic mass is 10.2. The second-order valence-corrected chi connectivity index (χ2v) is 11.4. The second kappa shape index (κ2) is 11.2. The monoisotopic (exact) mass is 545 g/mol. The van der Waals surface area contributed by atoms with Gasteiger partial charge in [0.05, 0.1) is 31.4 Å². The zero-order valence-corrected chi connectivity index (χ0v) is 22.1. The van der Waals surface area contributed by atoms with Gasteiger partial charge in [-0.3, -0.25) is 14.7 Å². The molecule has 1 amide bonds. The molecule has 8 nitrogen and oxygen atoms in total. The van der Waals surface area contributed by atoms with Crippen LogP contribution in [0.25, 0.3) is 10.2 Å². The Labute approximate surface area is 218 Å². The van der Waals surface area contributed by atoms with Gasteiger partial charge in [0.15, 0.2) is 15.0 Å². The molecule has 4 aromatic rings. The number of aromatic nitrogens is 2. The van der Waals surface area contributed by atoms with E-state index in [-0.39, 0.29) is 35.9 Å². The number of carbonyl (C=O) groups excluding carboxylic acids is 1. The maximum absolute atomic E-state index is 13.4. The van der Waals surface area contributed by atoms with Crippen LogP contribution in [0.4, 0.5) is 5.13 Å². The zero-order chi connectivity index (χ0) is 25.7. The van der Waals surface area contributed by atoms with Crippen molar-refractivity contribution in [2.75, 3.05) is 24.9 Å². The number of thiazole rings is 1. The molecule has 188 valence electrons. The van der Waals surface area contributed by atoms with E-state index in [1.165, 1.54) is 35.6 Å². The van der Waals surface area contributed by atoms with Crippen molar-refractivity contribution in [1.82, 2.24) is 9.97 Å². The Hall–Kier alpha value is -3.21. The quantitative estimate of drug-likeness (QED) is 0.272. The Balaban J connectivity index is 1.59. The number of nitrogens with zero attached hydrogens (tertiary/aromatic N) is 3. The van der Waals surface area contributed by atoms with Crippen molar-refractivity contribution in [3.05, 3.63) is 71.5 Å². The number of halogens is 1. The minimum Gasteiger partial charge on any atom is -0.495 e. The Bertz CT molecular complexity index is 1420. The summed E-state index contributed by atoms with van der Waals surface area (Å²) >= 11 is 7.17. The number of amides is 1. The summed E-state index contributed by atoms with van der Waals surface area (Å²) in [6.07, 6.45) is 3.52. The van der Waals surface area contributed by atoms with Crippen LogP contribution in [0.3, 0.4) is 0 Å². The molecule has 0 atom stereocenters. The molecule has 2 aromatic heterocycles. The van der Waals surface area contributed by atoms with Crippen molar-refractivity contribution in [3.8, 4) is 11.5 Å². The normalized spacial score (nSPS) is 11.4. The minimum absolute atomic E-state index is 0.0251. The molecule has 0 spiro atoms. The number of hydrogen-bond donors (Lipinski definition) is 0. The van der Waals surface area contributed by atoms with Crippen LogP contribution in [-0.2, 0) is 21.2 Å². The first-order valence-corrected chi connectivity index (χ1v) is 13.9. The van der Waals surface area contributed by atoms with Crippen LogP contribution in [0.5, 0.6) is 11.5 Å². The highest BCUT2D eigenvalue weighted by molar-refractivity contribution is 7.91. The van der Waals surface area contributed by atoms with E-state index in [9.17, 15) is 13.2 Å². The number of fused-ring (bicyclic) bond motifs is 1. The van der Waals surface area contributed by atoms with Gasteiger partial charge in [-0.2, -0.15) is 0 Å². The molecule has 0 aliphatic rings. The number of hydrogen-bond acceptors (Lipinski definition) is 8. The molecular weight excluding hydrogens is 522 g/mol. The largest absolute Gasteiger partial charge is 0.495 e. The summed E-state index contributed by atoms with van der Waals surface area (Å²) in [5.41, 5.74) is 1.41. The predicted molar refractivity (Wildman–Crippen MR) is 141 cm³/mol. The molecule has 0 radical (unpaired) electrons. The summed E-state index contributed by atoms with van der Waals surface area (Å²) in [5.74, 6) is 0.776. The highest BCUT2D eigenvalue weighted by Gasteiger charge is 2.24. The highest BCUT2D eigenvalue weighted by Crippen LogP contribution is 2.40. The summed E-state index contributed by atoms with van der Waals surface area (Å²) in [6.45, 7) is 0.237. The molecule has 4 rings (SSSR count). The summed E-state index contributed by atoms with van der Waals surface area (Å²) in [4.78, 5) is 24.0. The number of methoxy groups -OCH3 is 2. The number of carbonyl (C=O) groups is 1. The first kappa shape index (κ1) is 25.9. The molecule has 0 bridgehead atoms. The lowest BCUT2D eigenvalue weighted by molar-refractivity contribution is -0.118. The maximum atomic E-state index is 13.4. The van der Waals surface area contributed by atoms with E-state index in [1.807, 2.05) is 6.07 Å². The maximum Gasteiger partial charge on any atom is 0.229 e. The summed E-state index contributed by atoms with van der Waals surface area (Å²) < 4.78 is 37.1. The molecular formula is C25H24ClN3O5S2. The van der Waals surface area contributed by atoms with Gasteiger partial charge >= 0.3 is 0 Å². The number of ether oxygens (including phenoxy) is 2. The molecule has 0 saturated carbocycles. The fourth-order valence-corrected chi connectivity index (χ4v) is 6.16. The van der Waals surface area contributed by atoms with Crippen LogP contribution in [0.1, 0.15) is 18.4 Å². The van der Waals surface area contributed by atoms with E-state index in [4.69, 9.17) is 21.1 Å². The number of benzene rings is 2. The fraction of sp³-hybridized carbons (Fsp3) is 0.240. The number of rotatable bonds is 10. The molecule has 2 heterocycles. The highest BCUT2D eigenvalue weighted by atomic mass is 35.5. The molecule has 36 heavy (non-hydrogen) atoms. The third kappa shape index (κ3) is 5.77. The van der Waals surface area contributed by atoms with Crippen molar-refractivity contribution < 1.29 is 22.7 Å². The van der Waals surface area contributed by atoms with Gasteiger partial charge in [-0.1, -0.05) is 29.0 Å². The molecule has 11 heteroatoms. The summed E-state index contributed by atoms with van der Waals surface area (Å²) in [6, 6.07) is 13.2. The third-order valence-corrected chi connectivity index (χ3v) is 8.63. The van der Waals surface area contributed by atoms with Crippen molar-refractivity contribution in [2.45, 2.75) is 24.3 Å². The van der Waals surface area contributed by atoms with E-state index in [2.05, 4.69) is 9.97 Å². The van der Waals surface area contributed by atoms with E-state index in [1.54, 1.807) is 49.7 Å². The van der Waals surface area contributed by atoms with Crippen molar-refractivity contribution in [1.29, 1.82) is 0 Å². The molecule has 0 N–H and O–H groups in total. The van der Waals surface area contributed by atoms with E-state index < -0.39 is 9.84 Å². The molecule has 0 fully saturated rings. The Morgan fingerprint density at radius 2 is 1.78 bits per heavy atom. The molecule has 0 saturated heterocycles. The van der Waals surface area contributed by atoms with Gasteiger partial charge in [0.2, 0.25) is 5.91 Å². The summed E-state index contributed by atoms with van der Waals surface area (Å²) in [7, 11) is -0.421. The zero-order valence-electron chi connectivity index (χ0n) is 19.7. The van der Waals surface area contributed by atoms with Gasteiger partial charge in [-0.15, -0.1) is 0 Å². The lowest BCUT2D eigenvalue weighted by Crippen LogP contribution is -2.30. The Morgan fingerprint density at radius 3 is 2.44 bits per heavy atom. The SMILES string of the molecule is COc1ccc(OC)c2sc(N(Cc3cccnc3)C(=O)CCCS(=O)(=O)c3ccc(Cl)cc3)nc12. The van der Waals surface area contributed by atoms with Crippen LogP contribution in [0.2, 0.25) is 5.02 Å². The van der Waals surface area contributed by atoms with Gasteiger partial charge < -0.3 is 9.47 Å². The van der Waals surface area contributed by atoms with Crippen LogP contribution in [0.15, 0.2) is 65.8 Å². The number of pyridine rings is 1. The smallest absolute Gasteiger partial charge is 0.229 e. The van der Waals surface area contributed by atoms with Crippen molar-refractivity contribution in [3.63, 3.8) is 0 Å². The standard InChI is InChI=1S/C25H24ClN3O5S2/c1-33-20-11-12-21(34-2)24-23(20)28-25(35-24)29(16-17-5-3-13-27-15-17)22(30)6-4-14-36(31,32)19-9-7-18(26)8-10-19/h3,5,7-13,15H,4,6,14,16H2,1-2H3. The Kier molecular flexibility index (Phi) is 8.07. The van der Waals surface area contributed by atoms with Gasteiger partial charge in [-0.25, -0.2) is 13.4 Å². The number of sulfone groups is 1. The molecule has 0 aliphatic carbocycles. The molecule has 0 aliphatic heterocycles. The van der Waals surface area contributed by atoms with Crippen molar-refractivity contribution >= 4 is 54.0 Å². The first-order valence-electron chi connectivity index (χ1n) is 11.0. The first-order chi connectivity index (χ1) is 17.3. The van der Waals surface area contributed by atoms with Crippen LogP contribution in [0, 0.1) is 0 Å². The van der Waals surface area contributed by atoms with Gasteiger partial charge in [0.1, 0.15) is 21.7 Å².